The maximum atomic E-state index is 12.7. The molecule has 5 nitrogen and oxygen atoms in total. The summed E-state index contributed by atoms with van der Waals surface area (Å²) < 4.78 is 0. The van der Waals surface area contributed by atoms with E-state index in [1.165, 1.54) is 0 Å². The average molecular weight is 381 g/mol. The van der Waals surface area contributed by atoms with E-state index in [4.69, 9.17) is 11.6 Å². The smallest absolute Gasteiger partial charge is 0.255 e. The summed E-state index contributed by atoms with van der Waals surface area (Å²) in [5, 5.41) is 3.93. The Hall–Kier alpha value is -2.92. The highest BCUT2D eigenvalue weighted by atomic mass is 35.5. The molecule has 3 aromatic rings. The molecule has 2 aromatic heterocycles. The first kappa shape index (κ1) is 18.9. The fourth-order valence-electron chi connectivity index (χ4n) is 2.68. The number of hydrogen-bond acceptors (Lipinski definition) is 4. The Balaban J connectivity index is 1.68. The Morgan fingerprint density at radius 1 is 1.11 bits per heavy atom. The molecular formula is C21H21ClN4O. The van der Waals surface area contributed by atoms with E-state index in [0.717, 1.165) is 28.9 Å². The molecule has 138 valence electrons. The first-order valence-electron chi connectivity index (χ1n) is 8.65. The molecule has 0 fully saturated rings. The summed E-state index contributed by atoms with van der Waals surface area (Å²) in [6.45, 7) is 2.61. The minimum absolute atomic E-state index is 0.0666. The maximum absolute atomic E-state index is 12.7. The molecule has 0 aliphatic heterocycles. The Labute approximate surface area is 164 Å². The second-order valence-electron chi connectivity index (χ2n) is 6.38. The summed E-state index contributed by atoms with van der Waals surface area (Å²) in [5.74, 6) is -0.0666. The lowest BCUT2D eigenvalue weighted by Crippen LogP contribution is -2.29. The summed E-state index contributed by atoms with van der Waals surface area (Å²) in [5.41, 5.74) is 4.38. The fourth-order valence-corrected chi connectivity index (χ4v) is 2.85. The van der Waals surface area contributed by atoms with E-state index in [0.29, 0.717) is 17.1 Å². The van der Waals surface area contributed by atoms with Gasteiger partial charge in [0.05, 0.1) is 17.4 Å². The van der Waals surface area contributed by atoms with Gasteiger partial charge >= 0.3 is 0 Å². The van der Waals surface area contributed by atoms with Crippen molar-refractivity contribution in [2.75, 3.05) is 18.9 Å². The van der Waals surface area contributed by atoms with Gasteiger partial charge in [0.1, 0.15) is 0 Å². The SMILES string of the molecule is Cc1ccc(Cl)cc1Nc1cncc(C(=O)N(C)CCc2ccncc2)c1. The number of nitrogens with one attached hydrogen (secondary N) is 1. The quantitative estimate of drug-likeness (QED) is 0.684. The number of hydrogen-bond donors (Lipinski definition) is 1. The number of aromatic nitrogens is 2. The Kier molecular flexibility index (Phi) is 6.04. The van der Waals surface area contributed by atoms with Gasteiger partial charge < -0.3 is 10.2 Å². The van der Waals surface area contributed by atoms with Gasteiger partial charge in [-0.1, -0.05) is 17.7 Å². The Bertz CT molecular complexity index is 930. The molecule has 1 N–H and O–H groups in total. The van der Waals surface area contributed by atoms with E-state index in [1.807, 2.05) is 37.3 Å². The van der Waals surface area contributed by atoms with E-state index < -0.39 is 0 Å². The number of nitrogens with zero attached hydrogens (tertiary/aromatic N) is 3. The average Bonchev–Trinajstić information content (AvgIpc) is 2.69. The highest BCUT2D eigenvalue weighted by Gasteiger charge is 2.13. The van der Waals surface area contributed by atoms with Crippen molar-refractivity contribution in [3.05, 3.63) is 82.9 Å². The third kappa shape index (κ3) is 5.05. The molecule has 0 atom stereocenters. The lowest BCUT2D eigenvalue weighted by molar-refractivity contribution is 0.0796. The molecule has 3 rings (SSSR count). The minimum Gasteiger partial charge on any atom is -0.354 e. The van der Waals surface area contributed by atoms with Crippen molar-refractivity contribution in [2.24, 2.45) is 0 Å². The number of rotatable bonds is 6. The van der Waals surface area contributed by atoms with E-state index in [1.54, 1.807) is 42.8 Å². The van der Waals surface area contributed by atoms with Gasteiger partial charge in [0.15, 0.2) is 0 Å². The summed E-state index contributed by atoms with van der Waals surface area (Å²) in [7, 11) is 1.80. The highest BCUT2D eigenvalue weighted by Crippen LogP contribution is 2.24. The number of halogens is 1. The number of likely N-dealkylation sites (N-methyl/N-ethyl adjacent to an activating group) is 1. The molecule has 0 radical (unpaired) electrons. The zero-order valence-corrected chi connectivity index (χ0v) is 16.1. The van der Waals surface area contributed by atoms with Gasteiger partial charge in [-0.2, -0.15) is 0 Å². The van der Waals surface area contributed by atoms with Gasteiger partial charge in [0.2, 0.25) is 0 Å². The summed E-state index contributed by atoms with van der Waals surface area (Å²) in [6.07, 6.45) is 7.56. The number of pyridine rings is 2. The van der Waals surface area contributed by atoms with Crippen molar-refractivity contribution in [1.29, 1.82) is 0 Å². The molecular weight excluding hydrogens is 360 g/mol. The lowest BCUT2D eigenvalue weighted by Gasteiger charge is -2.18. The third-order valence-electron chi connectivity index (χ3n) is 4.30. The van der Waals surface area contributed by atoms with Crippen molar-refractivity contribution in [1.82, 2.24) is 14.9 Å². The molecule has 27 heavy (non-hydrogen) atoms. The second-order valence-corrected chi connectivity index (χ2v) is 6.82. The van der Waals surface area contributed by atoms with Crippen LogP contribution in [0.25, 0.3) is 0 Å². The van der Waals surface area contributed by atoms with E-state index in [-0.39, 0.29) is 5.91 Å². The summed E-state index contributed by atoms with van der Waals surface area (Å²) >= 11 is 6.07. The molecule has 0 unspecified atom stereocenters. The predicted molar refractivity (Wildman–Crippen MR) is 109 cm³/mol. The molecule has 1 amide bonds. The molecule has 0 bridgehead atoms. The van der Waals surface area contributed by atoms with Crippen LogP contribution in [0.4, 0.5) is 11.4 Å². The largest absolute Gasteiger partial charge is 0.354 e. The molecule has 0 saturated heterocycles. The van der Waals surface area contributed by atoms with Crippen LogP contribution in [0.2, 0.25) is 5.02 Å². The van der Waals surface area contributed by atoms with E-state index >= 15 is 0 Å². The van der Waals surface area contributed by atoms with Crippen LogP contribution < -0.4 is 5.32 Å². The Morgan fingerprint density at radius 3 is 2.67 bits per heavy atom. The summed E-state index contributed by atoms with van der Waals surface area (Å²) in [4.78, 5) is 22.6. The minimum atomic E-state index is -0.0666. The molecule has 0 saturated carbocycles. The standard InChI is InChI=1S/C21H21ClN4O/c1-15-3-4-18(22)12-20(15)25-19-11-17(13-24-14-19)21(27)26(2)10-7-16-5-8-23-9-6-16/h3-6,8-9,11-14,25H,7,10H2,1-2H3. The summed E-state index contributed by atoms with van der Waals surface area (Å²) in [6, 6.07) is 11.4. The Morgan fingerprint density at radius 2 is 1.89 bits per heavy atom. The van der Waals surface area contributed by atoms with E-state index in [9.17, 15) is 4.79 Å². The van der Waals surface area contributed by atoms with Crippen LogP contribution in [0.5, 0.6) is 0 Å². The van der Waals surface area contributed by atoms with Crippen LogP contribution in [-0.4, -0.2) is 34.4 Å². The number of anilines is 2. The molecule has 0 aliphatic carbocycles. The van der Waals surface area contributed by atoms with Crippen LogP contribution in [0.15, 0.2) is 61.2 Å². The molecule has 1 aromatic carbocycles. The second kappa shape index (κ2) is 8.64. The molecule has 2 heterocycles. The van der Waals surface area contributed by atoms with Crippen LogP contribution in [-0.2, 0) is 6.42 Å². The number of carbonyl (C=O) groups is 1. The number of benzene rings is 1. The fraction of sp³-hybridized carbons (Fsp3) is 0.190. The van der Waals surface area contributed by atoms with Crippen molar-refractivity contribution >= 4 is 28.9 Å². The highest BCUT2D eigenvalue weighted by molar-refractivity contribution is 6.30. The van der Waals surface area contributed by atoms with Crippen LogP contribution in [0.3, 0.4) is 0 Å². The van der Waals surface area contributed by atoms with Crippen molar-refractivity contribution in [2.45, 2.75) is 13.3 Å². The third-order valence-corrected chi connectivity index (χ3v) is 4.53. The van der Waals surface area contributed by atoms with Gasteiger partial charge in [-0.05, 0) is 54.8 Å². The van der Waals surface area contributed by atoms with E-state index in [2.05, 4.69) is 15.3 Å². The van der Waals surface area contributed by atoms with Crippen molar-refractivity contribution < 1.29 is 4.79 Å². The molecule has 6 heteroatoms. The maximum Gasteiger partial charge on any atom is 0.255 e. The van der Waals surface area contributed by atoms with Crippen molar-refractivity contribution in [3.63, 3.8) is 0 Å². The van der Waals surface area contributed by atoms with Gasteiger partial charge in [0, 0.05) is 42.9 Å². The van der Waals surface area contributed by atoms with Gasteiger partial charge in [-0.3, -0.25) is 14.8 Å². The number of carbonyl (C=O) groups excluding carboxylic acids is 1. The first-order valence-corrected chi connectivity index (χ1v) is 9.03. The molecule has 0 spiro atoms. The van der Waals surface area contributed by atoms with Gasteiger partial charge in [-0.15, -0.1) is 0 Å². The predicted octanol–water partition coefficient (Wildman–Crippen LogP) is 4.50. The lowest BCUT2D eigenvalue weighted by atomic mass is 10.1. The van der Waals surface area contributed by atoms with Gasteiger partial charge in [-0.25, -0.2) is 0 Å². The van der Waals surface area contributed by atoms with Crippen LogP contribution >= 0.6 is 11.6 Å². The number of amides is 1. The zero-order chi connectivity index (χ0) is 19.2. The monoisotopic (exact) mass is 380 g/mol. The normalized spacial score (nSPS) is 10.5. The number of aryl methyl sites for hydroxylation is 1. The van der Waals surface area contributed by atoms with Crippen LogP contribution in [0, 0.1) is 6.92 Å². The van der Waals surface area contributed by atoms with Crippen molar-refractivity contribution in [3.8, 4) is 0 Å². The van der Waals surface area contributed by atoms with Gasteiger partial charge in [0.25, 0.3) is 5.91 Å². The first-order chi connectivity index (χ1) is 13.0. The van der Waals surface area contributed by atoms with Crippen LogP contribution in [0.1, 0.15) is 21.5 Å². The zero-order valence-electron chi connectivity index (χ0n) is 15.3. The topological polar surface area (TPSA) is 58.1 Å². The molecule has 0 aliphatic rings.